The van der Waals surface area contributed by atoms with E-state index in [1.807, 2.05) is 10.0 Å². The average molecular weight is 2130 g/mol. The molecule has 0 atom stereocenters. The van der Waals surface area contributed by atoms with Crippen LogP contribution in [0, 0.1) is 0 Å². The maximum Gasteiger partial charge on any atom is 0.370 e. The number of hydrazone groups is 1. The molecule has 0 aromatic heterocycles. The zero-order chi connectivity index (χ0) is 101. The number of amides is 2. The van der Waals surface area contributed by atoms with Crippen LogP contribution < -0.4 is 15.4 Å². The van der Waals surface area contributed by atoms with Crippen molar-refractivity contribution in [3.8, 4) is 0 Å². The zero-order valence-electron chi connectivity index (χ0n) is 95.3. The molecule has 0 aliphatic carbocycles. The molecule has 3 aromatic carbocycles. The minimum atomic E-state index is -0.150. The third-order valence-electron chi connectivity index (χ3n) is 29.3. The van der Waals surface area contributed by atoms with Crippen molar-refractivity contribution in [2.45, 2.75) is 684 Å². The van der Waals surface area contributed by atoms with E-state index < -0.39 is 0 Å². The normalized spacial score (nSPS) is 12.4. The number of anilines is 2. The van der Waals surface area contributed by atoms with Gasteiger partial charge < -0.3 is 0 Å². The van der Waals surface area contributed by atoms with Gasteiger partial charge in [0.2, 0.25) is 5.84 Å². The van der Waals surface area contributed by atoms with Crippen molar-refractivity contribution in [1.82, 2.24) is 5.43 Å². The van der Waals surface area contributed by atoms with Crippen LogP contribution in [0.5, 0.6) is 0 Å². The van der Waals surface area contributed by atoms with E-state index in [9.17, 15) is 0 Å². The van der Waals surface area contributed by atoms with Crippen molar-refractivity contribution < 1.29 is 4.79 Å². The lowest BCUT2D eigenvalue weighted by atomic mass is 10.1. The maximum atomic E-state index is 17.3. The first kappa shape index (κ1) is 134. The summed E-state index contributed by atoms with van der Waals surface area (Å²) >= 11 is 19.1. The Morgan fingerprint density at radius 3 is 0.465 bits per heavy atom. The molecule has 3 aromatic rings. The summed E-state index contributed by atoms with van der Waals surface area (Å²) in [4.78, 5) is 29.9. The van der Waals surface area contributed by atoms with Gasteiger partial charge >= 0.3 is 6.03 Å². The van der Waals surface area contributed by atoms with Crippen molar-refractivity contribution in [3.63, 3.8) is 0 Å². The van der Waals surface area contributed by atoms with Gasteiger partial charge in [0.25, 0.3) is 0 Å². The summed E-state index contributed by atoms with van der Waals surface area (Å²) in [6, 6.07) is 14.8. The molecule has 4 rings (SSSR count). The van der Waals surface area contributed by atoms with Gasteiger partial charge in [0.15, 0.2) is 0 Å². The lowest BCUT2D eigenvalue weighted by Gasteiger charge is -2.33. The molecule has 142 heavy (non-hydrogen) atoms. The Bertz CT molecular complexity index is 3150. The van der Waals surface area contributed by atoms with Crippen molar-refractivity contribution >= 4 is 129 Å². The smallest absolute Gasteiger partial charge is 0.244 e. The van der Waals surface area contributed by atoms with Gasteiger partial charge in [-0.1, -0.05) is 582 Å². The highest BCUT2D eigenvalue weighted by molar-refractivity contribution is 8.05. The number of carbonyl (C=O) groups is 1. The lowest BCUT2D eigenvalue weighted by Crippen LogP contribution is -2.52. The predicted molar refractivity (Wildman–Crippen MR) is 661 cm³/mol. The molecule has 1 aliphatic heterocycles. The first-order valence-corrected chi connectivity index (χ1v) is 71.8. The van der Waals surface area contributed by atoms with Gasteiger partial charge in [-0.05, 0) is 146 Å². The maximum absolute atomic E-state index is 17.3. The number of hydrogen-bond acceptors (Lipinski definition) is 11. The van der Waals surface area contributed by atoms with Gasteiger partial charge in [-0.25, -0.2) is 4.79 Å². The molecule has 823 valence electrons. The molecule has 14 heteroatoms. The molecule has 0 unspecified atom stereocenters. The number of carbonyl (C=O) groups excluding carboxylic acids is 1. The summed E-state index contributed by atoms with van der Waals surface area (Å²) < 4.78 is 0. The fraction of sp³-hybridized carbons (Fsp3) is 0.844. The summed E-state index contributed by atoms with van der Waals surface area (Å²) in [6.45, 7) is 21.1. The third kappa shape index (κ3) is 72.3. The fourth-order valence-corrected chi connectivity index (χ4v) is 31.2. The molecule has 0 fully saturated rings. The minimum Gasteiger partial charge on any atom is -0.244 e. The molecule has 1 heterocycles. The summed E-state index contributed by atoms with van der Waals surface area (Å²) in [5.41, 5.74) is 8.79. The summed E-state index contributed by atoms with van der Waals surface area (Å²) in [7, 11) is 0. The number of nitrogens with zero attached hydrogens (tertiary/aromatic N) is 4. The van der Waals surface area contributed by atoms with Crippen LogP contribution in [0.25, 0.3) is 0 Å². The number of benzene rings is 3. The Morgan fingerprint density at radius 2 is 0.303 bits per heavy atom. The lowest BCUT2D eigenvalue weighted by molar-refractivity contribution is 0.249. The topological polar surface area (TPSA) is 50.0 Å². The summed E-state index contributed by atoms with van der Waals surface area (Å²) in [6.07, 6.45) is 121. The van der Waals surface area contributed by atoms with E-state index in [1.165, 1.54) is 622 Å². The van der Waals surface area contributed by atoms with Crippen molar-refractivity contribution in [1.29, 1.82) is 0 Å². The first-order chi connectivity index (χ1) is 70.3. The van der Waals surface area contributed by atoms with Crippen LogP contribution >= 0.6 is 106 Å². The van der Waals surface area contributed by atoms with Crippen molar-refractivity contribution in [3.05, 3.63) is 42.0 Å². The van der Waals surface area contributed by atoms with Gasteiger partial charge in [0, 0.05) is 49.6 Å². The van der Waals surface area contributed by atoms with E-state index in [2.05, 4.69) is 205 Å². The monoisotopic (exact) mass is 2130 g/mol. The quantitative estimate of drug-likeness (QED) is 0.0403. The second-order valence-electron chi connectivity index (χ2n) is 43.0. The van der Waals surface area contributed by atoms with Gasteiger partial charge in [0.05, 0.1) is 11.4 Å². The summed E-state index contributed by atoms with van der Waals surface area (Å²) in [5.74, 6) is 10.6. The highest BCUT2D eigenvalue weighted by atomic mass is 32.2. The first-order valence-electron chi connectivity index (χ1n) is 63.0. The van der Waals surface area contributed by atoms with Crippen LogP contribution in [0.3, 0.4) is 0 Å². The predicted octanol–water partition coefficient (Wildman–Crippen LogP) is 49.1. The Balaban J connectivity index is 2.12. The van der Waals surface area contributed by atoms with Crippen LogP contribution in [0.15, 0.2) is 85.6 Å². The third-order valence-corrected chi connectivity index (χ3v) is 40.5. The van der Waals surface area contributed by atoms with Crippen LogP contribution in [0.1, 0.15) is 646 Å². The van der Waals surface area contributed by atoms with E-state index in [0.717, 1.165) is 68.7 Å². The van der Waals surface area contributed by atoms with Crippen molar-refractivity contribution in [2.24, 2.45) is 5.10 Å². The average Bonchev–Trinajstić information content (AvgIpc) is 0.759. The van der Waals surface area contributed by atoms with Crippen LogP contribution in [0.2, 0.25) is 0 Å². The highest BCUT2D eigenvalue weighted by Crippen LogP contribution is 2.48. The number of rotatable bonds is 111. The standard InChI is InChI=1S/C128H231N4OS9/c1-10-19-28-37-46-55-64-73-82-91-100-134-118-109-115(110-119(135-101-92-83-74-65-56-47-38-29-20-11-2)124(118)140-106-97-88-79-70-61-52-43-34-25-16-7)127-129-131(116-111-120(136-102-93-84-75-66-57-48-39-30-21-12-3)125(141-107-98-89-80-71-62-53-44-35-26-17-8)121(112-116)137-103-94-85-76-67-58-49-40-31-22-13-4)128(133)132(130-127)117-113-122(138-104-95-86-77-68-59-50-41-32-23-14-5)126(142-108-99-90-81-72-63-54-45-36-27-18-9)123(114-117)139-105-96-87-78-69-60-51-42-33-24-15-6/h109-114H,10-108H2,1-9H3. The number of hydrogen-bond donors (Lipinski definition) is 0. The number of amidine groups is 1. The number of unbranched alkanes of at least 4 members (excludes halogenated alkanes) is 81. The van der Waals surface area contributed by atoms with Crippen LogP contribution in [0.4, 0.5) is 16.2 Å². The van der Waals surface area contributed by atoms with Gasteiger partial charge in [-0.3, -0.25) is 0 Å². The number of urea groups is 1. The van der Waals surface area contributed by atoms with Gasteiger partial charge in [-0.2, -0.15) is 10.0 Å². The molecule has 0 bridgehead atoms. The minimum absolute atomic E-state index is 0.150. The van der Waals surface area contributed by atoms with Crippen LogP contribution in [-0.2, 0) is 0 Å². The molecule has 0 N–H and O–H groups in total. The van der Waals surface area contributed by atoms with E-state index in [-0.39, 0.29) is 6.03 Å². The molecule has 1 aliphatic rings. The molecule has 5 nitrogen and oxygen atoms in total. The van der Waals surface area contributed by atoms with Gasteiger partial charge in [-0.15, -0.1) is 116 Å². The van der Waals surface area contributed by atoms with E-state index in [1.54, 1.807) is 0 Å². The fourth-order valence-electron chi connectivity index (χ4n) is 19.9. The molecule has 1 radical (unpaired) electrons. The van der Waals surface area contributed by atoms with E-state index >= 15 is 4.79 Å². The molecular weight excluding hydrogens is 1900 g/mol. The molecule has 0 spiro atoms. The molecule has 0 saturated heterocycles. The highest BCUT2D eigenvalue weighted by Gasteiger charge is 2.36. The Kier molecular flexibility index (Phi) is 96.4. The largest absolute Gasteiger partial charge is 0.370 e. The van der Waals surface area contributed by atoms with Crippen molar-refractivity contribution in [2.75, 3.05) is 61.8 Å². The molecular formula is C128H231N4OS9. The number of thioether (sulfide) groups is 9. The van der Waals surface area contributed by atoms with Crippen LogP contribution in [-0.4, -0.2) is 63.6 Å². The Labute approximate surface area is 924 Å². The molecule has 2 amide bonds. The second kappa shape index (κ2) is 102. The second-order valence-corrected chi connectivity index (χ2v) is 53.2. The Hall–Kier alpha value is -0.450. The van der Waals surface area contributed by atoms with E-state index in [0.29, 0.717) is 5.84 Å². The SMILES string of the molecule is CCCCCCCCCCCCSc1cc(C2=NN(c3cc(SCCCCCCCCCCCC)c(SCCCCCCCCCCCC)c(SCCCCCCCCCCCC)c3)C(=O)N(c3cc(SCCCCCCCCCCCC)c(SCCCCCCCCCCCC)c(SCCCCCCCCCCCC)c3)[N]2)cc(SCCCCCCCCCCCC)c1SCCCCCCCCCCCC. The Morgan fingerprint density at radius 1 is 0.169 bits per heavy atom. The molecule has 0 saturated carbocycles. The summed E-state index contributed by atoms with van der Waals surface area (Å²) in [5, 5.41) is 9.74. The van der Waals surface area contributed by atoms with E-state index in [4.69, 9.17) is 10.5 Å². The van der Waals surface area contributed by atoms with Gasteiger partial charge in [0.1, 0.15) is 0 Å². The zero-order valence-corrected chi connectivity index (χ0v) is 103.